The highest BCUT2D eigenvalue weighted by Gasteiger charge is 2.55. The fourth-order valence-corrected chi connectivity index (χ4v) is 5.57. The number of carbonyl (C=O) groups is 1. The fraction of sp³-hybridized carbons (Fsp3) is 0.682. The van der Waals surface area contributed by atoms with E-state index in [1.807, 2.05) is 35.2 Å². The average molecular weight is 401 g/mol. The molecule has 29 heavy (non-hydrogen) atoms. The number of morpholine rings is 1. The Balaban J connectivity index is 1.25. The van der Waals surface area contributed by atoms with Gasteiger partial charge >= 0.3 is 6.03 Å². The van der Waals surface area contributed by atoms with Gasteiger partial charge in [0.15, 0.2) is 0 Å². The molecule has 0 unspecified atom stereocenters. The lowest BCUT2D eigenvalue weighted by Gasteiger charge is -2.63. The molecule has 1 atom stereocenters. The van der Waals surface area contributed by atoms with Crippen LogP contribution in [0, 0.1) is 5.92 Å². The van der Waals surface area contributed by atoms with Crippen molar-refractivity contribution in [2.45, 2.75) is 24.4 Å². The number of rotatable bonds is 3. The van der Waals surface area contributed by atoms with Crippen LogP contribution < -0.4 is 5.32 Å². The lowest BCUT2D eigenvalue weighted by Crippen LogP contribution is -2.81. The second-order valence-corrected chi connectivity index (χ2v) is 9.05. The summed E-state index contributed by atoms with van der Waals surface area (Å²) in [7, 11) is 0. The van der Waals surface area contributed by atoms with Crippen LogP contribution in [0.5, 0.6) is 0 Å². The molecule has 0 radical (unpaired) electrons. The van der Waals surface area contributed by atoms with Gasteiger partial charge in [-0.15, -0.1) is 0 Å². The number of ether oxygens (including phenoxy) is 2. The van der Waals surface area contributed by atoms with Gasteiger partial charge in [-0.2, -0.15) is 0 Å². The van der Waals surface area contributed by atoms with Gasteiger partial charge in [0.1, 0.15) is 0 Å². The Labute approximate surface area is 172 Å². The first-order valence-corrected chi connectivity index (χ1v) is 11.0. The van der Waals surface area contributed by atoms with Crippen LogP contribution in [-0.4, -0.2) is 98.0 Å². The monoisotopic (exact) mass is 400 g/mol. The van der Waals surface area contributed by atoms with Gasteiger partial charge in [-0.05, 0) is 30.9 Å². The normalized spacial score (nSPS) is 28.0. The van der Waals surface area contributed by atoms with Gasteiger partial charge in [-0.25, -0.2) is 4.79 Å². The van der Waals surface area contributed by atoms with Crippen LogP contribution in [0.4, 0.5) is 10.5 Å². The largest absolute Gasteiger partial charge is 0.381 e. The van der Waals surface area contributed by atoms with Crippen LogP contribution in [0.25, 0.3) is 0 Å². The lowest BCUT2D eigenvalue weighted by atomic mass is 9.81. The summed E-state index contributed by atoms with van der Waals surface area (Å²) in [6.45, 7) is 9.11. The van der Waals surface area contributed by atoms with Gasteiger partial charge in [-0.3, -0.25) is 9.80 Å². The van der Waals surface area contributed by atoms with Gasteiger partial charge in [0.2, 0.25) is 0 Å². The summed E-state index contributed by atoms with van der Waals surface area (Å²) in [5, 5.41) is 3.07. The maximum Gasteiger partial charge on any atom is 0.321 e. The Kier molecular flexibility index (Phi) is 5.47. The van der Waals surface area contributed by atoms with Gasteiger partial charge in [0.25, 0.3) is 0 Å². The highest BCUT2D eigenvalue weighted by molar-refractivity contribution is 5.89. The Morgan fingerprint density at radius 2 is 1.86 bits per heavy atom. The van der Waals surface area contributed by atoms with Gasteiger partial charge in [0.05, 0.1) is 24.8 Å². The molecule has 1 spiro atoms. The van der Waals surface area contributed by atoms with Crippen molar-refractivity contribution in [3.8, 4) is 0 Å². The zero-order chi connectivity index (χ0) is 19.7. The summed E-state index contributed by atoms with van der Waals surface area (Å²) in [6.07, 6.45) is 2.35. The number of fused-ring (bicyclic) bond motifs is 2. The van der Waals surface area contributed by atoms with E-state index in [4.69, 9.17) is 9.47 Å². The number of anilines is 1. The molecule has 1 aromatic carbocycles. The summed E-state index contributed by atoms with van der Waals surface area (Å²) in [5.41, 5.74) is 0.926. The van der Waals surface area contributed by atoms with Crippen LogP contribution in [0.15, 0.2) is 30.3 Å². The van der Waals surface area contributed by atoms with E-state index in [9.17, 15) is 4.79 Å². The highest BCUT2D eigenvalue weighted by Crippen LogP contribution is 2.36. The summed E-state index contributed by atoms with van der Waals surface area (Å²) in [6, 6.07) is 10.0. The number of carbonyl (C=O) groups excluding carboxylic acids is 1. The molecule has 2 amide bonds. The lowest BCUT2D eigenvalue weighted by molar-refractivity contribution is -0.160. The number of para-hydroxylation sites is 1. The quantitative estimate of drug-likeness (QED) is 0.837. The van der Waals surface area contributed by atoms with Crippen LogP contribution in [-0.2, 0) is 9.47 Å². The number of likely N-dealkylation sites (tertiary alicyclic amines) is 1. The molecule has 5 rings (SSSR count). The van der Waals surface area contributed by atoms with Gasteiger partial charge in [0, 0.05) is 58.2 Å². The molecule has 0 bridgehead atoms. The number of amides is 2. The number of benzene rings is 1. The van der Waals surface area contributed by atoms with Crippen molar-refractivity contribution in [1.82, 2.24) is 14.7 Å². The summed E-state index contributed by atoms with van der Waals surface area (Å²) in [4.78, 5) is 20.2. The predicted octanol–water partition coefficient (Wildman–Crippen LogP) is 1.72. The minimum absolute atomic E-state index is 0.00341. The maximum atomic E-state index is 13.0. The van der Waals surface area contributed by atoms with E-state index in [-0.39, 0.29) is 11.6 Å². The topological polar surface area (TPSA) is 57.3 Å². The zero-order valence-corrected chi connectivity index (χ0v) is 17.1. The van der Waals surface area contributed by atoms with Crippen LogP contribution in [0.2, 0.25) is 0 Å². The van der Waals surface area contributed by atoms with Crippen LogP contribution in [0.3, 0.4) is 0 Å². The molecule has 0 aliphatic carbocycles. The second kappa shape index (κ2) is 8.22. The third-order valence-electron chi connectivity index (χ3n) is 6.96. The molecule has 0 saturated carbocycles. The number of hydrogen-bond acceptors (Lipinski definition) is 5. The molecule has 4 heterocycles. The Bertz CT molecular complexity index is 703. The Morgan fingerprint density at radius 1 is 1.07 bits per heavy atom. The zero-order valence-electron chi connectivity index (χ0n) is 17.1. The maximum absolute atomic E-state index is 13.0. The average Bonchev–Trinajstić information content (AvgIpc) is 2.74. The molecule has 1 aromatic rings. The standard InChI is InChI=1S/C22H32N4O3/c27-21(23-19-4-2-1-3-5-19)25-13-20-14-29-11-8-26(20)22(17-25)15-24(16-22)12-18-6-9-28-10-7-18/h1-5,18,20H,6-17H2,(H,23,27)/t20-/m1/s1. The van der Waals surface area contributed by atoms with E-state index in [1.165, 1.54) is 12.8 Å². The van der Waals surface area contributed by atoms with E-state index >= 15 is 0 Å². The number of nitrogens with zero attached hydrogens (tertiary/aromatic N) is 3. The predicted molar refractivity (Wildman–Crippen MR) is 111 cm³/mol. The SMILES string of the molecule is O=C(Nc1ccccc1)N1C[C@@H]2COCCN2C2(CN(CC3CCOCC3)C2)C1. The van der Waals surface area contributed by atoms with Crippen LogP contribution in [0.1, 0.15) is 12.8 Å². The minimum atomic E-state index is 0.00341. The molecule has 4 aliphatic heterocycles. The molecule has 158 valence electrons. The third kappa shape index (κ3) is 4.01. The van der Waals surface area contributed by atoms with Gasteiger partial charge < -0.3 is 19.7 Å². The van der Waals surface area contributed by atoms with Crippen molar-refractivity contribution < 1.29 is 14.3 Å². The van der Waals surface area contributed by atoms with Crippen molar-refractivity contribution in [2.75, 3.05) is 71.0 Å². The van der Waals surface area contributed by atoms with Crippen molar-refractivity contribution in [3.05, 3.63) is 30.3 Å². The number of nitrogens with one attached hydrogen (secondary N) is 1. The van der Waals surface area contributed by atoms with E-state index in [1.54, 1.807) is 0 Å². The molecule has 1 N–H and O–H groups in total. The summed E-state index contributed by atoms with van der Waals surface area (Å²) in [5.74, 6) is 0.752. The van der Waals surface area contributed by atoms with E-state index in [0.717, 1.165) is 77.3 Å². The van der Waals surface area contributed by atoms with E-state index in [0.29, 0.717) is 6.04 Å². The first-order chi connectivity index (χ1) is 14.2. The first-order valence-electron chi connectivity index (χ1n) is 11.0. The number of urea groups is 1. The second-order valence-electron chi connectivity index (χ2n) is 9.05. The molecular formula is C22H32N4O3. The van der Waals surface area contributed by atoms with Gasteiger partial charge in [-0.1, -0.05) is 18.2 Å². The Morgan fingerprint density at radius 3 is 2.66 bits per heavy atom. The summed E-state index contributed by atoms with van der Waals surface area (Å²) < 4.78 is 11.3. The van der Waals surface area contributed by atoms with Crippen LogP contribution >= 0.6 is 0 Å². The smallest absolute Gasteiger partial charge is 0.321 e. The van der Waals surface area contributed by atoms with Crippen molar-refractivity contribution in [1.29, 1.82) is 0 Å². The molecule has 7 heteroatoms. The highest BCUT2D eigenvalue weighted by atomic mass is 16.5. The third-order valence-corrected chi connectivity index (χ3v) is 6.96. The molecule has 0 aromatic heterocycles. The molecule has 4 saturated heterocycles. The minimum Gasteiger partial charge on any atom is -0.381 e. The Hall–Kier alpha value is -1.67. The summed E-state index contributed by atoms with van der Waals surface area (Å²) >= 11 is 0. The molecular weight excluding hydrogens is 368 g/mol. The van der Waals surface area contributed by atoms with E-state index < -0.39 is 0 Å². The molecule has 7 nitrogen and oxygen atoms in total. The van der Waals surface area contributed by atoms with Crippen molar-refractivity contribution >= 4 is 11.7 Å². The number of hydrogen-bond donors (Lipinski definition) is 1. The number of piperazine rings is 1. The first kappa shape index (κ1) is 19.3. The van der Waals surface area contributed by atoms with Crippen molar-refractivity contribution in [3.63, 3.8) is 0 Å². The molecule has 4 fully saturated rings. The fourth-order valence-electron chi connectivity index (χ4n) is 5.57. The van der Waals surface area contributed by atoms with Crippen molar-refractivity contribution in [2.24, 2.45) is 5.92 Å². The van der Waals surface area contributed by atoms with E-state index in [2.05, 4.69) is 15.1 Å². The molecule has 4 aliphatic rings.